The number of nitrogens with zero attached hydrogens (tertiary/aromatic N) is 3. The van der Waals surface area contributed by atoms with Gasteiger partial charge in [-0.3, -0.25) is 4.68 Å². The van der Waals surface area contributed by atoms with Crippen LogP contribution in [0.3, 0.4) is 0 Å². The van der Waals surface area contributed by atoms with E-state index in [1.54, 1.807) is 6.20 Å². The Morgan fingerprint density at radius 1 is 1.47 bits per heavy atom. The summed E-state index contributed by atoms with van der Waals surface area (Å²) in [5.41, 5.74) is 1.16. The van der Waals surface area contributed by atoms with E-state index in [0.717, 1.165) is 49.7 Å². The van der Waals surface area contributed by atoms with Crippen molar-refractivity contribution in [1.29, 1.82) is 0 Å². The Kier molecular flexibility index (Phi) is 6.55. The second-order valence-corrected chi connectivity index (χ2v) is 4.83. The van der Waals surface area contributed by atoms with Crippen LogP contribution in [0.1, 0.15) is 19.0 Å². The number of aromatic nitrogens is 2. The van der Waals surface area contributed by atoms with Crippen LogP contribution in [-0.4, -0.2) is 48.4 Å². The highest BCUT2D eigenvalue weighted by Gasteiger charge is 2.08. The molecule has 0 fully saturated rings. The largest absolute Gasteiger partial charge is 0.317 e. The Labute approximate surface area is 109 Å². The summed E-state index contributed by atoms with van der Waals surface area (Å²) >= 11 is 6.16. The lowest BCUT2D eigenvalue weighted by molar-refractivity contribution is 0.369. The molecule has 0 aliphatic heterocycles. The van der Waals surface area contributed by atoms with Gasteiger partial charge >= 0.3 is 0 Å². The minimum Gasteiger partial charge on any atom is -0.317 e. The van der Waals surface area contributed by atoms with Crippen LogP contribution in [-0.2, 0) is 13.0 Å². The van der Waals surface area contributed by atoms with E-state index in [1.807, 2.05) is 4.68 Å². The zero-order chi connectivity index (χ0) is 12.7. The van der Waals surface area contributed by atoms with Gasteiger partial charge in [0.2, 0.25) is 0 Å². The van der Waals surface area contributed by atoms with E-state index in [1.165, 1.54) is 0 Å². The van der Waals surface area contributed by atoms with Gasteiger partial charge in [0.1, 0.15) is 0 Å². The van der Waals surface area contributed by atoms with Crippen molar-refractivity contribution in [1.82, 2.24) is 20.0 Å². The second-order valence-electron chi connectivity index (χ2n) is 4.42. The van der Waals surface area contributed by atoms with E-state index < -0.39 is 0 Å². The van der Waals surface area contributed by atoms with Gasteiger partial charge in [-0.05, 0) is 40.0 Å². The third kappa shape index (κ3) is 5.06. The molecular weight excluding hydrogens is 236 g/mol. The highest BCUT2D eigenvalue weighted by Crippen LogP contribution is 2.16. The molecule has 0 unspecified atom stereocenters. The fourth-order valence-electron chi connectivity index (χ4n) is 1.68. The van der Waals surface area contributed by atoms with Crippen LogP contribution in [0.25, 0.3) is 0 Å². The van der Waals surface area contributed by atoms with Gasteiger partial charge in [-0.15, -0.1) is 0 Å². The summed E-state index contributed by atoms with van der Waals surface area (Å²) in [6.07, 6.45) is 3.83. The van der Waals surface area contributed by atoms with Gasteiger partial charge in [0.25, 0.3) is 0 Å². The summed E-state index contributed by atoms with van der Waals surface area (Å²) in [7, 11) is 4.13. The maximum absolute atomic E-state index is 6.16. The molecule has 98 valence electrons. The smallest absolute Gasteiger partial charge is 0.0817 e. The fraction of sp³-hybridized carbons (Fsp3) is 0.750. The fourth-order valence-corrected chi connectivity index (χ4v) is 1.92. The Morgan fingerprint density at radius 3 is 2.88 bits per heavy atom. The molecule has 1 N–H and O–H groups in total. The quantitative estimate of drug-likeness (QED) is 0.720. The molecule has 0 spiro atoms. The zero-order valence-corrected chi connectivity index (χ0v) is 11.8. The Hall–Kier alpha value is -0.580. The van der Waals surface area contributed by atoms with Crippen molar-refractivity contribution in [3.05, 3.63) is 16.9 Å². The normalized spacial score (nSPS) is 11.4. The minimum atomic E-state index is 0.792. The number of likely N-dealkylation sites (N-methyl/N-ethyl adjacent to an activating group) is 1. The first-order valence-corrected chi connectivity index (χ1v) is 6.58. The molecule has 0 saturated carbocycles. The first-order valence-electron chi connectivity index (χ1n) is 6.20. The summed E-state index contributed by atoms with van der Waals surface area (Å²) in [5.74, 6) is 0. The average Bonchev–Trinajstić information content (AvgIpc) is 2.63. The molecule has 1 heterocycles. The molecule has 1 rings (SSSR count). The lowest BCUT2D eigenvalue weighted by atomic mass is 10.2. The highest BCUT2D eigenvalue weighted by molar-refractivity contribution is 6.31. The summed E-state index contributed by atoms with van der Waals surface area (Å²) in [4.78, 5) is 2.15. The molecule has 0 amide bonds. The predicted molar refractivity (Wildman–Crippen MR) is 72.7 cm³/mol. The van der Waals surface area contributed by atoms with Crippen molar-refractivity contribution in [2.45, 2.75) is 26.3 Å². The van der Waals surface area contributed by atoms with Crippen LogP contribution in [0.15, 0.2) is 6.20 Å². The number of hydrogen-bond acceptors (Lipinski definition) is 3. The molecular formula is C12H23ClN4. The number of rotatable bonds is 8. The maximum Gasteiger partial charge on any atom is 0.0817 e. The summed E-state index contributed by atoms with van der Waals surface area (Å²) in [6, 6.07) is 0. The van der Waals surface area contributed by atoms with Crippen molar-refractivity contribution >= 4 is 11.6 Å². The molecule has 1 aromatic rings. The second kappa shape index (κ2) is 7.69. The summed E-state index contributed by atoms with van der Waals surface area (Å²) in [6.45, 7) is 6.06. The molecule has 0 bridgehead atoms. The summed E-state index contributed by atoms with van der Waals surface area (Å²) < 4.78 is 2.02. The molecule has 0 radical (unpaired) electrons. The van der Waals surface area contributed by atoms with Crippen LogP contribution in [0.4, 0.5) is 0 Å². The molecule has 0 aliphatic rings. The molecule has 0 aromatic carbocycles. The number of halogens is 1. The third-order valence-corrected chi connectivity index (χ3v) is 2.99. The first-order chi connectivity index (χ1) is 8.15. The van der Waals surface area contributed by atoms with Crippen molar-refractivity contribution in [2.75, 3.05) is 33.7 Å². The van der Waals surface area contributed by atoms with E-state index in [9.17, 15) is 0 Å². The van der Waals surface area contributed by atoms with E-state index in [-0.39, 0.29) is 0 Å². The monoisotopic (exact) mass is 258 g/mol. The molecule has 4 nitrogen and oxygen atoms in total. The molecule has 0 saturated heterocycles. The molecule has 17 heavy (non-hydrogen) atoms. The standard InChI is InChI=1S/C12H23ClN4/c1-4-14-7-5-6-12-11(13)10-15-17(12)9-8-16(2)3/h10,14H,4-9H2,1-3H3. The van der Waals surface area contributed by atoms with Crippen LogP contribution < -0.4 is 5.32 Å². The van der Waals surface area contributed by atoms with Crippen LogP contribution in [0.2, 0.25) is 5.02 Å². The van der Waals surface area contributed by atoms with Gasteiger partial charge in [0.15, 0.2) is 0 Å². The van der Waals surface area contributed by atoms with Gasteiger partial charge in [-0.2, -0.15) is 5.10 Å². The van der Waals surface area contributed by atoms with E-state index in [4.69, 9.17) is 11.6 Å². The van der Waals surface area contributed by atoms with Crippen LogP contribution >= 0.6 is 11.6 Å². The van der Waals surface area contributed by atoms with Crippen molar-refractivity contribution in [2.24, 2.45) is 0 Å². The lowest BCUT2D eigenvalue weighted by Gasteiger charge is -2.12. The van der Waals surface area contributed by atoms with Gasteiger partial charge in [-0.25, -0.2) is 0 Å². The molecule has 0 atom stereocenters. The third-order valence-electron chi connectivity index (χ3n) is 2.67. The van der Waals surface area contributed by atoms with Crippen LogP contribution in [0.5, 0.6) is 0 Å². The van der Waals surface area contributed by atoms with Crippen molar-refractivity contribution in [3.8, 4) is 0 Å². The highest BCUT2D eigenvalue weighted by atomic mass is 35.5. The SMILES string of the molecule is CCNCCCc1c(Cl)cnn1CCN(C)C. The zero-order valence-electron chi connectivity index (χ0n) is 11.0. The van der Waals surface area contributed by atoms with Crippen molar-refractivity contribution in [3.63, 3.8) is 0 Å². The first kappa shape index (κ1) is 14.5. The number of nitrogens with one attached hydrogen (secondary N) is 1. The van der Waals surface area contributed by atoms with Gasteiger partial charge < -0.3 is 10.2 Å². The van der Waals surface area contributed by atoms with E-state index >= 15 is 0 Å². The molecule has 1 aromatic heterocycles. The minimum absolute atomic E-state index is 0.792. The topological polar surface area (TPSA) is 33.1 Å². The summed E-state index contributed by atoms with van der Waals surface area (Å²) in [5, 5.41) is 8.43. The molecule has 0 aliphatic carbocycles. The van der Waals surface area contributed by atoms with Crippen LogP contribution in [0, 0.1) is 0 Å². The van der Waals surface area contributed by atoms with Gasteiger partial charge in [0, 0.05) is 6.54 Å². The Balaban J connectivity index is 2.47. The molecule has 5 heteroatoms. The van der Waals surface area contributed by atoms with E-state index in [2.05, 4.69) is 36.3 Å². The van der Waals surface area contributed by atoms with Gasteiger partial charge in [0.05, 0.1) is 23.5 Å². The average molecular weight is 259 g/mol. The van der Waals surface area contributed by atoms with Crippen molar-refractivity contribution < 1.29 is 0 Å². The lowest BCUT2D eigenvalue weighted by Crippen LogP contribution is -2.21. The maximum atomic E-state index is 6.16. The Bertz CT molecular complexity index is 322. The number of hydrogen-bond donors (Lipinski definition) is 1. The Morgan fingerprint density at radius 2 is 2.24 bits per heavy atom. The van der Waals surface area contributed by atoms with E-state index in [0.29, 0.717) is 0 Å². The predicted octanol–water partition coefficient (Wildman–Crippen LogP) is 1.64. The van der Waals surface area contributed by atoms with Gasteiger partial charge in [-0.1, -0.05) is 18.5 Å².